The Kier molecular flexibility index (Phi) is 5.15. The Balaban J connectivity index is 0.000000161. The summed E-state index contributed by atoms with van der Waals surface area (Å²) in [5, 5.41) is 0. The molecular weight excluding hydrogens is 256 g/mol. The van der Waals surface area contributed by atoms with Gasteiger partial charge < -0.3 is 4.57 Å². The Labute approximate surface area is 127 Å². The zero-order chi connectivity index (χ0) is 15.2. The van der Waals surface area contributed by atoms with Crippen LogP contribution in [0.5, 0.6) is 0 Å². The number of rotatable bonds is 2. The molecular formula is C19H24N2. The minimum Gasteiger partial charge on any atom is -0.328 e. The van der Waals surface area contributed by atoms with Crippen molar-refractivity contribution in [3.05, 3.63) is 66.5 Å². The van der Waals surface area contributed by atoms with Crippen LogP contribution in [0.2, 0.25) is 0 Å². The van der Waals surface area contributed by atoms with Gasteiger partial charge in [0.1, 0.15) is 0 Å². The lowest BCUT2D eigenvalue weighted by Gasteiger charge is -2.06. The zero-order valence-electron chi connectivity index (χ0n) is 13.3. The van der Waals surface area contributed by atoms with Gasteiger partial charge in [0.2, 0.25) is 0 Å². The molecule has 0 saturated carbocycles. The minimum absolute atomic E-state index is 0.484. The lowest BCUT2D eigenvalue weighted by molar-refractivity contribution is 0.617. The monoisotopic (exact) mass is 280 g/mol. The maximum atomic E-state index is 4.30. The molecule has 0 amide bonds. The predicted molar refractivity (Wildman–Crippen MR) is 90.6 cm³/mol. The Hall–Kier alpha value is -2.09. The molecule has 1 aromatic heterocycles. The van der Waals surface area contributed by atoms with Gasteiger partial charge in [0.25, 0.3) is 0 Å². The molecule has 0 fully saturated rings. The van der Waals surface area contributed by atoms with Crippen molar-refractivity contribution in [1.29, 1.82) is 0 Å². The van der Waals surface area contributed by atoms with Gasteiger partial charge in [-0.1, -0.05) is 56.3 Å². The first-order chi connectivity index (χ1) is 10.1. The van der Waals surface area contributed by atoms with E-state index in [1.54, 1.807) is 0 Å². The molecule has 3 aromatic rings. The molecule has 0 aliphatic heterocycles. The molecule has 0 aliphatic rings. The number of nitrogens with zero attached hydrogens (tertiary/aromatic N) is 2. The fourth-order valence-corrected chi connectivity index (χ4v) is 2.23. The first-order valence-electron chi connectivity index (χ1n) is 7.56. The summed E-state index contributed by atoms with van der Waals surface area (Å²) in [5.74, 6) is 0.659. The van der Waals surface area contributed by atoms with Gasteiger partial charge >= 0.3 is 0 Å². The second-order valence-corrected chi connectivity index (χ2v) is 5.80. The highest BCUT2D eigenvalue weighted by Crippen LogP contribution is 2.16. The maximum Gasteiger partial charge on any atom is 0.0960 e. The van der Waals surface area contributed by atoms with Crippen LogP contribution in [0.25, 0.3) is 11.0 Å². The van der Waals surface area contributed by atoms with Crippen LogP contribution in [0, 0.1) is 0 Å². The average Bonchev–Trinajstić information content (AvgIpc) is 2.93. The van der Waals surface area contributed by atoms with E-state index in [-0.39, 0.29) is 0 Å². The van der Waals surface area contributed by atoms with E-state index in [2.05, 4.69) is 67.6 Å². The Morgan fingerprint density at radius 2 is 1.43 bits per heavy atom. The molecule has 1 heterocycles. The fourth-order valence-electron chi connectivity index (χ4n) is 2.23. The van der Waals surface area contributed by atoms with Gasteiger partial charge in [0.05, 0.1) is 17.4 Å². The SMILES string of the molecule is CC(C)c1ccccc1.CC(C)n1cnc2ccccc21. The molecule has 0 saturated heterocycles. The number of imidazole rings is 1. The fraction of sp³-hybridized carbons (Fsp3) is 0.316. The van der Waals surface area contributed by atoms with E-state index in [1.807, 2.05) is 30.6 Å². The lowest BCUT2D eigenvalue weighted by atomic mass is 10.0. The third-order valence-corrected chi connectivity index (χ3v) is 3.50. The molecule has 0 unspecified atom stereocenters. The molecule has 3 rings (SSSR count). The first kappa shape index (κ1) is 15.3. The summed E-state index contributed by atoms with van der Waals surface area (Å²) >= 11 is 0. The Morgan fingerprint density at radius 3 is 2.00 bits per heavy atom. The molecule has 0 atom stereocenters. The molecule has 0 bridgehead atoms. The van der Waals surface area contributed by atoms with Crippen molar-refractivity contribution < 1.29 is 0 Å². The second-order valence-electron chi connectivity index (χ2n) is 5.80. The van der Waals surface area contributed by atoms with Crippen molar-refractivity contribution in [2.45, 2.75) is 39.7 Å². The van der Waals surface area contributed by atoms with Gasteiger partial charge in [-0.15, -0.1) is 0 Å². The van der Waals surface area contributed by atoms with Gasteiger partial charge in [-0.3, -0.25) is 0 Å². The van der Waals surface area contributed by atoms with E-state index < -0.39 is 0 Å². The molecule has 2 heteroatoms. The van der Waals surface area contributed by atoms with Crippen molar-refractivity contribution in [2.24, 2.45) is 0 Å². The van der Waals surface area contributed by atoms with Gasteiger partial charge in [0, 0.05) is 6.04 Å². The lowest BCUT2D eigenvalue weighted by Crippen LogP contribution is -1.97. The third kappa shape index (κ3) is 3.94. The number of fused-ring (bicyclic) bond motifs is 1. The molecule has 2 aromatic carbocycles. The summed E-state index contributed by atoms with van der Waals surface area (Å²) in [7, 11) is 0. The van der Waals surface area contributed by atoms with Gasteiger partial charge in [-0.2, -0.15) is 0 Å². The summed E-state index contributed by atoms with van der Waals surface area (Å²) in [6.07, 6.45) is 1.90. The van der Waals surface area contributed by atoms with E-state index in [0.717, 1.165) is 5.52 Å². The molecule has 0 aliphatic carbocycles. The number of hydrogen-bond acceptors (Lipinski definition) is 1. The van der Waals surface area contributed by atoms with Crippen molar-refractivity contribution in [2.75, 3.05) is 0 Å². The molecule has 0 spiro atoms. The highest BCUT2D eigenvalue weighted by molar-refractivity contribution is 5.75. The number of hydrogen-bond donors (Lipinski definition) is 0. The molecule has 0 N–H and O–H groups in total. The smallest absolute Gasteiger partial charge is 0.0960 e. The summed E-state index contributed by atoms with van der Waals surface area (Å²) in [5.41, 5.74) is 3.70. The normalized spacial score (nSPS) is 10.8. The summed E-state index contributed by atoms with van der Waals surface area (Å²) in [4.78, 5) is 4.30. The van der Waals surface area contributed by atoms with E-state index in [0.29, 0.717) is 12.0 Å². The zero-order valence-corrected chi connectivity index (χ0v) is 13.3. The Bertz CT molecular complexity index is 666. The van der Waals surface area contributed by atoms with Crippen molar-refractivity contribution in [3.8, 4) is 0 Å². The van der Waals surface area contributed by atoms with Crippen LogP contribution in [0.3, 0.4) is 0 Å². The van der Waals surface area contributed by atoms with Gasteiger partial charge in [-0.25, -0.2) is 4.98 Å². The summed E-state index contributed by atoms with van der Waals surface area (Å²) in [6, 6.07) is 19.2. The van der Waals surface area contributed by atoms with Crippen LogP contribution in [-0.4, -0.2) is 9.55 Å². The number of benzene rings is 2. The van der Waals surface area contributed by atoms with Crippen LogP contribution in [0.15, 0.2) is 60.9 Å². The molecule has 0 radical (unpaired) electrons. The molecule has 110 valence electrons. The van der Waals surface area contributed by atoms with Crippen LogP contribution in [0.1, 0.15) is 45.2 Å². The highest BCUT2D eigenvalue weighted by atomic mass is 15.1. The Morgan fingerprint density at radius 1 is 0.810 bits per heavy atom. The van der Waals surface area contributed by atoms with Crippen molar-refractivity contribution in [3.63, 3.8) is 0 Å². The van der Waals surface area contributed by atoms with Crippen molar-refractivity contribution in [1.82, 2.24) is 9.55 Å². The van der Waals surface area contributed by atoms with Crippen LogP contribution >= 0.6 is 0 Å². The summed E-state index contributed by atoms with van der Waals surface area (Å²) in [6.45, 7) is 8.73. The number of aromatic nitrogens is 2. The van der Waals surface area contributed by atoms with E-state index >= 15 is 0 Å². The highest BCUT2D eigenvalue weighted by Gasteiger charge is 2.02. The van der Waals surface area contributed by atoms with Gasteiger partial charge in [0.15, 0.2) is 0 Å². The van der Waals surface area contributed by atoms with Crippen LogP contribution < -0.4 is 0 Å². The average molecular weight is 280 g/mol. The van der Waals surface area contributed by atoms with E-state index in [9.17, 15) is 0 Å². The first-order valence-corrected chi connectivity index (χ1v) is 7.56. The molecule has 21 heavy (non-hydrogen) atoms. The largest absolute Gasteiger partial charge is 0.328 e. The van der Waals surface area contributed by atoms with Crippen molar-refractivity contribution >= 4 is 11.0 Å². The summed E-state index contributed by atoms with van der Waals surface area (Å²) < 4.78 is 2.18. The predicted octanol–water partition coefficient (Wildman–Crippen LogP) is 5.43. The van der Waals surface area contributed by atoms with E-state index in [4.69, 9.17) is 0 Å². The molecule has 2 nitrogen and oxygen atoms in total. The topological polar surface area (TPSA) is 17.8 Å². The van der Waals surface area contributed by atoms with Crippen LogP contribution in [-0.2, 0) is 0 Å². The standard InChI is InChI=1S/C10H12N2.C9H12/c1-8(2)12-7-11-9-5-3-4-6-10(9)12;1-8(2)9-6-4-3-5-7-9/h3-8H,1-2H3;3-8H,1-2H3. The van der Waals surface area contributed by atoms with Crippen LogP contribution in [0.4, 0.5) is 0 Å². The quantitative estimate of drug-likeness (QED) is 0.612. The maximum absolute atomic E-state index is 4.30. The van der Waals surface area contributed by atoms with E-state index in [1.165, 1.54) is 11.1 Å². The third-order valence-electron chi connectivity index (χ3n) is 3.50. The minimum atomic E-state index is 0.484. The van der Waals surface area contributed by atoms with Gasteiger partial charge in [-0.05, 0) is 37.5 Å². The number of para-hydroxylation sites is 2. The second kappa shape index (κ2) is 7.07.